The second-order valence-electron chi connectivity index (χ2n) is 3.07. The van der Waals surface area contributed by atoms with Gasteiger partial charge >= 0.3 is 5.97 Å². The maximum Gasteiger partial charge on any atom is 0.326 e. The van der Waals surface area contributed by atoms with Crippen molar-refractivity contribution in [2.45, 2.75) is 17.5 Å². The van der Waals surface area contributed by atoms with Crippen LogP contribution in [0.5, 0.6) is 0 Å². The minimum absolute atomic E-state index is 0.0832. The number of rotatable bonds is 5. The van der Waals surface area contributed by atoms with Gasteiger partial charge in [0.1, 0.15) is 11.1 Å². The molecule has 0 saturated carbocycles. The molecule has 0 fully saturated rings. The number of nitrogens with one attached hydrogen (secondary N) is 2. The van der Waals surface area contributed by atoms with E-state index in [0.717, 1.165) is 0 Å². The Labute approximate surface area is 96.8 Å². The third kappa shape index (κ3) is 3.24. The fourth-order valence-corrected chi connectivity index (χ4v) is 1.34. The van der Waals surface area contributed by atoms with E-state index in [9.17, 15) is 9.59 Å². The van der Waals surface area contributed by atoms with Gasteiger partial charge in [-0.2, -0.15) is 0 Å². The molecule has 0 saturated heterocycles. The second-order valence-corrected chi connectivity index (χ2v) is 3.49. The smallest absolute Gasteiger partial charge is 0.326 e. The van der Waals surface area contributed by atoms with Gasteiger partial charge in [-0.05, 0) is 0 Å². The monoisotopic (exact) mass is 244 g/mol. The lowest BCUT2D eigenvalue weighted by Crippen LogP contribution is -2.44. The zero-order valence-electron chi connectivity index (χ0n) is 8.30. The van der Waals surface area contributed by atoms with Gasteiger partial charge < -0.3 is 21.1 Å². The van der Waals surface area contributed by atoms with Crippen molar-refractivity contribution in [2.24, 2.45) is 5.73 Å². The normalized spacial score (nSPS) is 12.1. The highest BCUT2D eigenvalue weighted by atomic mass is 32.1. The molecule has 1 aromatic heterocycles. The first-order valence-electron chi connectivity index (χ1n) is 4.48. The molecule has 1 heterocycles. The standard InChI is InChI=1S/C8H12N4O3S/c9-2-6(13)12-5(8(14)15)1-4-7(16)11-3-10-4/h3,5,16H,1-2,9H2,(H,10,11)(H,12,13)(H,14,15)/t5-/m0/s1. The van der Waals surface area contributed by atoms with Gasteiger partial charge in [-0.25, -0.2) is 9.78 Å². The Morgan fingerprint density at radius 3 is 2.81 bits per heavy atom. The van der Waals surface area contributed by atoms with E-state index in [1.54, 1.807) is 0 Å². The molecular weight excluding hydrogens is 232 g/mol. The van der Waals surface area contributed by atoms with Gasteiger partial charge in [-0.3, -0.25) is 4.79 Å². The number of thiol groups is 1. The third-order valence-corrected chi connectivity index (χ3v) is 2.31. The number of carboxylic acids is 1. The maximum absolute atomic E-state index is 11.0. The van der Waals surface area contributed by atoms with Gasteiger partial charge in [-0.15, -0.1) is 12.6 Å². The minimum atomic E-state index is -1.14. The van der Waals surface area contributed by atoms with E-state index in [0.29, 0.717) is 10.7 Å². The quantitative estimate of drug-likeness (QED) is 0.415. The number of hydrogen-bond acceptors (Lipinski definition) is 5. The molecule has 88 valence electrons. The van der Waals surface area contributed by atoms with Gasteiger partial charge in [-0.1, -0.05) is 0 Å². The predicted octanol–water partition coefficient (Wildman–Crippen LogP) is -1.23. The van der Waals surface area contributed by atoms with Crippen LogP contribution in [-0.4, -0.2) is 39.5 Å². The molecule has 0 aliphatic rings. The van der Waals surface area contributed by atoms with E-state index in [4.69, 9.17) is 10.8 Å². The van der Waals surface area contributed by atoms with E-state index < -0.39 is 17.9 Å². The molecule has 0 aromatic carbocycles. The highest BCUT2D eigenvalue weighted by molar-refractivity contribution is 7.80. The van der Waals surface area contributed by atoms with E-state index in [1.165, 1.54) is 6.33 Å². The molecule has 16 heavy (non-hydrogen) atoms. The summed E-state index contributed by atoms with van der Waals surface area (Å²) in [4.78, 5) is 28.4. The molecule has 0 spiro atoms. The Kier molecular flexibility index (Phi) is 4.32. The van der Waals surface area contributed by atoms with Crippen LogP contribution in [-0.2, 0) is 16.0 Å². The molecular formula is C8H12N4O3S. The average Bonchev–Trinajstić information content (AvgIpc) is 2.63. The SMILES string of the molecule is NCC(=O)N[C@@H](Cc1[nH]cnc1S)C(=O)O. The molecule has 0 aliphatic carbocycles. The first kappa shape index (κ1) is 12.5. The highest BCUT2D eigenvalue weighted by Gasteiger charge is 2.21. The third-order valence-electron chi connectivity index (χ3n) is 1.92. The number of hydrogen-bond donors (Lipinski definition) is 5. The van der Waals surface area contributed by atoms with Crippen LogP contribution >= 0.6 is 12.6 Å². The molecule has 0 aliphatic heterocycles. The molecule has 1 atom stereocenters. The summed E-state index contributed by atoms with van der Waals surface area (Å²) in [6.07, 6.45) is 1.49. The molecule has 0 radical (unpaired) electrons. The Balaban J connectivity index is 2.69. The summed E-state index contributed by atoms with van der Waals surface area (Å²) >= 11 is 4.03. The number of carboxylic acid groups (broad SMARTS) is 1. The van der Waals surface area contributed by atoms with Crippen LogP contribution < -0.4 is 11.1 Å². The number of H-pyrrole nitrogens is 1. The van der Waals surface area contributed by atoms with E-state index in [1.807, 2.05) is 0 Å². The Morgan fingerprint density at radius 1 is 1.69 bits per heavy atom. The second kappa shape index (κ2) is 5.52. The highest BCUT2D eigenvalue weighted by Crippen LogP contribution is 2.09. The minimum Gasteiger partial charge on any atom is -0.480 e. The number of amides is 1. The number of aromatic amines is 1. The van der Waals surface area contributed by atoms with Gasteiger partial charge in [0.25, 0.3) is 0 Å². The molecule has 1 amide bonds. The summed E-state index contributed by atoms with van der Waals surface area (Å²) < 4.78 is 0. The van der Waals surface area contributed by atoms with Crippen molar-refractivity contribution in [1.29, 1.82) is 0 Å². The Bertz CT molecular complexity index is 392. The average molecular weight is 244 g/mol. The molecule has 0 unspecified atom stereocenters. The van der Waals surface area contributed by atoms with Gasteiger partial charge in [0.2, 0.25) is 5.91 Å². The van der Waals surface area contributed by atoms with Gasteiger partial charge in [0.05, 0.1) is 18.6 Å². The molecule has 8 heteroatoms. The summed E-state index contributed by atoms with van der Waals surface area (Å²) in [6, 6.07) is -1.04. The van der Waals surface area contributed by atoms with Crippen LogP contribution in [0, 0.1) is 0 Å². The molecule has 0 bridgehead atoms. The lowest BCUT2D eigenvalue weighted by Gasteiger charge is -2.13. The fourth-order valence-electron chi connectivity index (χ4n) is 1.12. The van der Waals surface area contributed by atoms with E-state index >= 15 is 0 Å². The number of aliphatic carboxylic acids is 1. The lowest BCUT2D eigenvalue weighted by atomic mass is 10.1. The van der Waals surface area contributed by atoms with Crippen molar-refractivity contribution in [3.63, 3.8) is 0 Å². The van der Waals surface area contributed by atoms with Crippen molar-refractivity contribution >= 4 is 24.5 Å². The first-order chi connectivity index (χ1) is 7.54. The Hall–Kier alpha value is -1.54. The van der Waals surface area contributed by atoms with Gasteiger partial charge in [0.15, 0.2) is 0 Å². The van der Waals surface area contributed by atoms with Crippen LogP contribution in [0.2, 0.25) is 0 Å². The summed E-state index contributed by atoms with van der Waals surface area (Å²) in [5.41, 5.74) is 5.63. The zero-order valence-corrected chi connectivity index (χ0v) is 9.20. The number of aromatic nitrogens is 2. The van der Waals surface area contributed by atoms with Crippen LogP contribution in [0.25, 0.3) is 0 Å². The number of nitrogens with zero attached hydrogens (tertiary/aromatic N) is 1. The number of nitrogens with two attached hydrogens (primary N) is 1. The maximum atomic E-state index is 11.0. The summed E-state index contributed by atoms with van der Waals surface area (Å²) in [5, 5.41) is 11.6. The van der Waals surface area contributed by atoms with Crippen molar-refractivity contribution in [1.82, 2.24) is 15.3 Å². The number of imidazole rings is 1. The molecule has 7 nitrogen and oxygen atoms in total. The first-order valence-corrected chi connectivity index (χ1v) is 4.92. The van der Waals surface area contributed by atoms with Crippen LogP contribution in [0.1, 0.15) is 5.69 Å². The molecule has 1 aromatic rings. The van der Waals surface area contributed by atoms with E-state index in [2.05, 4.69) is 27.9 Å². The van der Waals surface area contributed by atoms with E-state index in [-0.39, 0.29) is 13.0 Å². The van der Waals surface area contributed by atoms with Crippen LogP contribution in [0.15, 0.2) is 11.4 Å². The van der Waals surface area contributed by atoms with Gasteiger partial charge in [0, 0.05) is 6.42 Å². The van der Waals surface area contributed by atoms with Crippen LogP contribution in [0.3, 0.4) is 0 Å². The predicted molar refractivity (Wildman–Crippen MR) is 58.2 cm³/mol. The number of carbonyl (C=O) groups excluding carboxylic acids is 1. The number of carbonyl (C=O) groups is 2. The summed E-state index contributed by atoms with van der Waals surface area (Å²) in [6.45, 7) is -0.250. The summed E-state index contributed by atoms with van der Waals surface area (Å²) in [5.74, 6) is -1.66. The lowest BCUT2D eigenvalue weighted by molar-refractivity contribution is -0.141. The topological polar surface area (TPSA) is 121 Å². The zero-order chi connectivity index (χ0) is 12.1. The summed E-state index contributed by atoms with van der Waals surface area (Å²) in [7, 11) is 0. The Morgan fingerprint density at radius 2 is 2.38 bits per heavy atom. The van der Waals surface area contributed by atoms with Crippen molar-refractivity contribution in [3.8, 4) is 0 Å². The fraction of sp³-hybridized carbons (Fsp3) is 0.375. The largest absolute Gasteiger partial charge is 0.480 e. The van der Waals surface area contributed by atoms with Crippen molar-refractivity contribution in [2.75, 3.05) is 6.54 Å². The molecule has 1 rings (SSSR count). The van der Waals surface area contributed by atoms with Crippen molar-refractivity contribution < 1.29 is 14.7 Å². The van der Waals surface area contributed by atoms with Crippen molar-refractivity contribution in [3.05, 3.63) is 12.0 Å². The van der Waals surface area contributed by atoms with Crippen LogP contribution in [0.4, 0.5) is 0 Å². The molecule has 5 N–H and O–H groups in total.